The van der Waals surface area contributed by atoms with Crippen LogP contribution in [0.5, 0.6) is 0 Å². The molecule has 0 radical (unpaired) electrons. The number of aliphatic carboxylic acids is 1. The highest BCUT2D eigenvalue weighted by Gasteiger charge is 2.13. The maximum atomic E-state index is 10.8. The van der Waals surface area contributed by atoms with E-state index < -0.39 is 5.97 Å². The van der Waals surface area contributed by atoms with Crippen LogP contribution in [0, 0.1) is 0 Å². The summed E-state index contributed by atoms with van der Waals surface area (Å²) >= 11 is 5.75. The van der Waals surface area contributed by atoms with Crippen LogP contribution in [0.25, 0.3) is 0 Å². The zero-order valence-electron chi connectivity index (χ0n) is 9.26. The van der Waals surface area contributed by atoms with Gasteiger partial charge in [-0.1, -0.05) is 11.6 Å². The molecule has 1 N–H and O–H groups in total. The number of aldehydes is 1. The Bertz CT molecular complexity index is 425. The van der Waals surface area contributed by atoms with Crippen molar-refractivity contribution in [3.63, 3.8) is 0 Å². The van der Waals surface area contributed by atoms with Gasteiger partial charge in [-0.05, 0) is 6.42 Å². The van der Waals surface area contributed by atoms with Crippen LogP contribution in [0.2, 0.25) is 5.15 Å². The lowest BCUT2D eigenvalue weighted by Gasteiger charge is -2.19. The molecule has 0 aliphatic rings. The average molecular weight is 258 g/mol. The number of carbonyl (C=O) groups excluding carboxylic acids is 1. The number of carboxylic acid groups (broad SMARTS) is 1. The van der Waals surface area contributed by atoms with Gasteiger partial charge in [0.2, 0.25) is 0 Å². The van der Waals surface area contributed by atoms with Gasteiger partial charge in [-0.25, -0.2) is 9.97 Å². The third-order valence-electron chi connectivity index (χ3n) is 2.18. The zero-order chi connectivity index (χ0) is 12.8. The molecule has 17 heavy (non-hydrogen) atoms. The second-order valence-corrected chi connectivity index (χ2v) is 3.80. The number of rotatable bonds is 6. The molecule has 0 aliphatic carbocycles. The number of halogens is 1. The minimum atomic E-state index is -0.852. The first kappa shape index (κ1) is 13.4. The lowest BCUT2D eigenvalue weighted by molar-refractivity contribution is -0.137. The fraction of sp³-hybridized carbons (Fsp3) is 0.400. The van der Waals surface area contributed by atoms with Gasteiger partial charge in [0.25, 0.3) is 0 Å². The van der Waals surface area contributed by atoms with E-state index in [2.05, 4.69) is 9.97 Å². The second-order valence-electron chi connectivity index (χ2n) is 3.44. The van der Waals surface area contributed by atoms with E-state index in [0.29, 0.717) is 25.1 Å². The van der Waals surface area contributed by atoms with E-state index >= 15 is 0 Å². The number of hydrogen-bond acceptors (Lipinski definition) is 5. The number of aromatic nitrogens is 2. The van der Waals surface area contributed by atoms with Crippen LogP contribution in [0.1, 0.15) is 23.2 Å². The summed E-state index contributed by atoms with van der Waals surface area (Å²) in [5, 5.41) is 8.61. The number of carbonyl (C=O) groups is 2. The van der Waals surface area contributed by atoms with E-state index in [1.165, 1.54) is 6.33 Å². The lowest BCUT2D eigenvalue weighted by Crippen LogP contribution is -2.22. The van der Waals surface area contributed by atoms with Gasteiger partial charge in [-0.2, -0.15) is 0 Å². The number of anilines is 1. The Labute approximate surface area is 103 Å². The van der Waals surface area contributed by atoms with Crippen molar-refractivity contribution in [3.8, 4) is 0 Å². The molecule has 1 rings (SSSR count). The van der Waals surface area contributed by atoms with E-state index in [0.717, 1.165) is 0 Å². The van der Waals surface area contributed by atoms with Crippen LogP contribution < -0.4 is 4.90 Å². The van der Waals surface area contributed by atoms with Gasteiger partial charge in [0, 0.05) is 20.0 Å². The lowest BCUT2D eigenvalue weighted by atomic mass is 10.2. The molecule has 92 valence electrons. The molecule has 0 saturated carbocycles. The monoisotopic (exact) mass is 257 g/mol. The van der Waals surface area contributed by atoms with Crippen molar-refractivity contribution in [1.82, 2.24) is 9.97 Å². The van der Waals surface area contributed by atoms with Crippen molar-refractivity contribution in [2.24, 2.45) is 0 Å². The Morgan fingerprint density at radius 1 is 1.59 bits per heavy atom. The van der Waals surface area contributed by atoms with Crippen molar-refractivity contribution in [2.45, 2.75) is 12.8 Å². The fourth-order valence-corrected chi connectivity index (χ4v) is 1.52. The van der Waals surface area contributed by atoms with Gasteiger partial charge in [0.05, 0.1) is 5.56 Å². The van der Waals surface area contributed by atoms with E-state index in [1.807, 2.05) is 0 Å². The van der Waals surface area contributed by atoms with Crippen LogP contribution in [-0.4, -0.2) is 40.9 Å². The second kappa shape index (κ2) is 6.15. The van der Waals surface area contributed by atoms with Gasteiger partial charge < -0.3 is 10.0 Å². The predicted molar refractivity (Wildman–Crippen MR) is 62.6 cm³/mol. The molecule has 0 atom stereocenters. The molecule has 0 unspecified atom stereocenters. The molecule has 0 fully saturated rings. The summed E-state index contributed by atoms with van der Waals surface area (Å²) in [4.78, 5) is 30.6. The third kappa shape index (κ3) is 3.67. The molecule has 1 aromatic rings. The number of carboxylic acids is 1. The first-order valence-electron chi connectivity index (χ1n) is 4.95. The molecular formula is C10H12ClN3O3. The van der Waals surface area contributed by atoms with Gasteiger partial charge in [0.1, 0.15) is 17.3 Å². The molecule has 0 aromatic carbocycles. The number of nitrogens with zero attached hydrogens (tertiary/aromatic N) is 3. The maximum Gasteiger partial charge on any atom is 0.303 e. The van der Waals surface area contributed by atoms with Crippen molar-refractivity contribution >= 4 is 29.7 Å². The number of hydrogen-bond donors (Lipinski definition) is 1. The summed E-state index contributed by atoms with van der Waals surface area (Å²) in [6.45, 7) is 0.473. The van der Waals surface area contributed by atoms with E-state index in [-0.39, 0.29) is 17.1 Å². The standard InChI is InChI=1S/C10H12ClN3O3/c1-14(4-2-3-8(16)17)10-7(5-15)9(11)12-6-13-10/h5-6H,2-4H2,1H3,(H,16,17). The SMILES string of the molecule is CN(CCCC(=O)O)c1ncnc(Cl)c1C=O. The third-order valence-corrected chi connectivity index (χ3v) is 2.48. The van der Waals surface area contributed by atoms with Crippen molar-refractivity contribution in [2.75, 3.05) is 18.5 Å². The minimum Gasteiger partial charge on any atom is -0.481 e. The Balaban J connectivity index is 2.74. The Morgan fingerprint density at radius 3 is 2.88 bits per heavy atom. The normalized spacial score (nSPS) is 10.0. The van der Waals surface area contributed by atoms with Crippen molar-refractivity contribution in [1.29, 1.82) is 0 Å². The first-order valence-corrected chi connectivity index (χ1v) is 5.32. The quantitative estimate of drug-likeness (QED) is 0.610. The van der Waals surface area contributed by atoms with Gasteiger partial charge in [-0.15, -0.1) is 0 Å². The highest BCUT2D eigenvalue weighted by atomic mass is 35.5. The maximum absolute atomic E-state index is 10.8. The van der Waals surface area contributed by atoms with E-state index in [1.54, 1.807) is 11.9 Å². The van der Waals surface area contributed by atoms with Crippen LogP contribution >= 0.6 is 11.6 Å². The van der Waals surface area contributed by atoms with Gasteiger partial charge in [0.15, 0.2) is 6.29 Å². The fourth-order valence-electron chi connectivity index (χ4n) is 1.34. The Hall–Kier alpha value is -1.69. The van der Waals surface area contributed by atoms with Crippen molar-refractivity contribution in [3.05, 3.63) is 17.0 Å². The highest BCUT2D eigenvalue weighted by molar-refractivity contribution is 6.32. The molecular weight excluding hydrogens is 246 g/mol. The van der Waals surface area contributed by atoms with Crippen LogP contribution in [-0.2, 0) is 4.79 Å². The molecule has 0 spiro atoms. The molecule has 0 saturated heterocycles. The Morgan fingerprint density at radius 2 is 2.29 bits per heavy atom. The van der Waals surface area contributed by atoms with Crippen LogP contribution in [0.15, 0.2) is 6.33 Å². The molecule has 7 heteroatoms. The molecule has 0 bridgehead atoms. The molecule has 6 nitrogen and oxygen atoms in total. The summed E-state index contributed by atoms with van der Waals surface area (Å²) in [7, 11) is 1.72. The van der Waals surface area contributed by atoms with Crippen molar-refractivity contribution < 1.29 is 14.7 Å². The summed E-state index contributed by atoms with van der Waals surface area (Å²) in [5.41, 5.74) is 0.215. The minimum absolute atomic E-state index is 0.0690. The topological polar surface area (TPSA) is 83.4 Å². The zero-order valence-corrected chi connectivity index (χ0v) is 10.0. The molecule has 1 aromatic heterocycles. The van der Waals surface area contributed by atoms with Gasteiger partial charge >= 0.3 is 5.97 Å². The summed E-state index contributed by atoms with van der Waals surface area (Å²) < 4.78 is 0. The summed E-state index contributed by atoms with van der Waals surface area (Å²) in [6.07, 6.45) is 2.38. The van der Waals surface area contributed by atoms with Crippen LogP contribution in [0.3, 0.4) is 0 Å². The predicted octanol–water partition coefficient (Wildman–Crippen LogP) is 1.24. The molecule has 0 aliphatic heterocycles. The first-order chi connectivity index (χ1) is 8.06. The smallest absolute Gasteiger partial charge is 0.303 e. The van der Waals surface area contributed by atoms with Gasteiger partial charge in [-0.3, -0.25) is 9.59 Å². The summed E-state index contributed by atoms with van der Waals surface area (Å²) in [6, 6.07) is 0. The molecule has 1 heterocycles. The van der Waals surface area contributed by atoms with Crippen LogP contribution in [0.4, 0.5) is 5.82 Å². The average Bonchev–Trinajstić information content (AvgIpc) is 2.28. The van der Waals surface area contributed by atoms with E-state index in [9.17, 15) is 9.59 Å². The highest BCUT2D eigenvalue weighted by Crippen LogP contribution is 2.20. The van der Waals surface area contributed by atoms with E-state index in [4.69, 9.17) is 16.7 Å². The molecule has 0 amide bonds. The largest absolute Gasteiger partial charge is 0.481 e. The summed E-state index contributed by atoms with van der Waals surface area (Å²) in [5.74, 6) is -0.444. The Kier molecular flexibility index (Phi) is 4.84.